The van der Waals surface area contributed by atoms with Crippen LogP contribution in [-0.4, -0.2) is 96.7 Å². The Labute approximate surface area is 621 Å². The van der Waals surface area contributed by atoms with Crippen molar-refractivity contribution in [2.24, 2.45) is 0 Å². The van der Waals surface area contributed by atoms with E-state index in [-0.39, 0.29) is 25.7 Å². The quantitative estimate of drug-likeness (QED) is 0.0169. The number of aliphatic hydroxyl groups is 1. The molecular formula is C83H148O17P2. The van der Waals surface area contributed by atoms with Gasteiger partial charge in [-0.05, 0) is 103 Å². The summed E-state index contributed by atoms with van der Waals surface area (Å²) >= 11 is 0. The molecule has 0 bridgehead atoms. The summed E-state index contributed by atoms with van der Waals surface area (Å²) in [6.45, 7) is 4.75. The molecule has 0 saturated carbocycles. The molecule has 17 nitrogen and oxygen atoms in total. The van der Waals surface area contributed by atoms with Gasteiger partial charge in [0.15, 0.2) is 12.2 Å². The van der Waals surface area contributed by atoms with Gasteiger partial charge in [0.25, 0.3) is 0 Å². The molecule has 5 atom stereocenters. The van der Waals surface area contributed by atoms with Gasteiger partial charge in [0.1, 0.15) is 19.3 Å². The molecule has 0 rings (SSSR count). The lowest BCUT2D eigenvalue weighted by Gasteiger charge is -2.21. The van der Waals surface area contributed by atoms with E-state index in [2.05, 4.69) is 113 Å². The fraction of sp³-hybridized carbons (Fsp3) is 0.783. The molecule has 0 aromatic rings. The number of esters is 4. The number of hydrogen-bond acceptors (Lipinski definition) is 15. The Bertz CT molecular complexity index is 2260. The molecule has 0 aliphatic rings. The second-order valence-electron chi connectivity index (χ2n) is 27.3. The van der Waals surface area contributed by atoms with E-state index in [0.29, 0.717) is 25.7 Å². The number of phosphoric acid groups is 2. The maximum absolute atomic E-state index is 13.1. The average Bonchev–Trinajstić information content (AvgIpc) is 0.944. The van der Waals surface area contributed by atoms with Crippen LogP contribution >= 0.6 is 15.6 Å². The highest BCUT2D eigenvalue weighted by Crippen LogP contribution is 2.45. The van der Waals surface area contributed by atoms with Gasteiger partial charge >= 0.3 is 39.5 Å². The van der Waals surface area contributed by atoms with Crippen molar-refractivity contribution in [2.45, 2.75) is 380 Å². The number of rotatable bonds is 77. The summed E-state index contributed by atoms with van der Waals surface area (Å²) in [6.07, 6.45) is 78.4. The molecule has 0 amide bonds. The minimum Gasteiger partial charge on any atom is -0.462 e. The van der Waals surface area contributed by atoms with Crippen LogP contribution < -0.4 is 0 Å². The molecule has 0 aromatic carbocycles. The second-order valence-corrected chi connectivity index (χ2v) is 30.3. The predicted molar refractivity (Wildman–Crippen MR) is 418 cm³/mol. The van der Waals surface area contributed by atoms with Crippen molar-refractivity contribution in [2.75, 3.05) is 39.6 Å². The molecule has 0 saturated heterocycles. The van der Waals surface area contributed by atoms with Crippen molar-refractivity contribution in [1.82, 2.24) is 0 Å². The minimum atomic E-state index is -4.98. The van der Waals surface area contributed by atoms with Gasteiger partial charge in [0.05, 0.1) is 26.4 Å². The predicted octanol–water partition coefficient (Wildman–Crippen LogP) is 23.8. The van der Waals surface area contributed by atoms with Gasteiger partial charge in [0, 0.05) is 25.7 Å². The number of allylic oxidation sites excluding steroid dienone is 14. The van der Waals surface area contributed by atoms with E-state index in [9.17, 15) is 43.2 Å². The highest BCUT2D eigenvalue weighted by atomic mass is 31.2. The molecule has 102 heavy (non-hydrogen) atoms. The first kappa shape index (κ1) is 98.2. The van der Waals surface area contributed by atoms with Crippen LogP contribution in [0.3, 0.4) is 0 Å². The van der Waals surface area contributed by atoms with Crippen LogP contribution in [0.4, 0.5) is 0 Å². The van der Waals surface area contributed by atoms with Gasteiger partial charge in [-0.3, -0.25) is 37.3 Å². The molecule has 592 valence electrons. The van der Waals surface area contributed by atoms with Gasteiger partial charge in [-0.15, -0.1) is 0 Å². The lowest BCUT2D eigenvalue weighted by Crippen LogP contribution is -2.30. The Morgan fingerprint density at radius 1 is 0.284 bits per heavy atom. The molecule has 0 aliphatic heterocycles. The van der Waals surface area contributed by atoms with Gasteiger partial charge in [-0.1, -0.05) is 318 Å². The topological polar surface area (TPSA) is 237 Å². The van der Waals surface area contributed by atoms with E-state index in [0.717, 1.165) is 161 Å². The van der Waals surface area contributed by atoms with Crippen molar-refractivity contribution in [1.29, 1.82) is 0 Å². The molecule has 0 aliphatic carbocycles. The molecule has 5 unspecified atom stereocenters. The number of hydrogen-bond donors (Lipinski definition) is 3. The van der Waals surface area contributed by atoms with Crippen molar-refractivity contribution in [3.05, 3.63) is 85.1 Å². The standard InChI is InChI=1S/C83H148O17P2/c1-5-9-13-17-21-25-29-32-35-37-38-40-43-45-49-52-56-60-64-68-80(85)93-73-78(99-82(87)69-65-61-57-53-47-28-24-20-16-12-8-4)75-97-101(89,90)95-71-77(84)72-96-102(91,92)98-76-79(100-83(88)70-66-62-58-54-50-46-41-34-31-27-23-19-15-11-7-3)74-94-81(86)67-63-59-55-51-48-44-42-39-36-33-30-26-22-18-14-10-6-2/h10,14,21-22,25-26,32-33,35-36,38,40,42,44,77-79,84H,5-9,11-13,15-20,23-24,27-31,34,37,39,41,43,45-76H2,1-4H3,(H,89,90)(H,91,92)/b14-10-,25-21-,26-22-,35-32-,36-33-,40-38-,44-42-. The summed E-state index contributed by atoms with van der Waals surface area (Å²) < 4.78 is 68.6. The Balaban J connectivity index is 5.32. The van der Waals surface area contributed by atoms with Crippen molar-refractivity contribution in [3.63, 3.8) is 0 Å². The minimum absolute atomic E-state index is 0.0941. The molecular weight excluding hydrogens is 1330 g/mol. The van der Waals surface area contributed by atoms with Crippen LogP contribution in [0.2, 0.25) is 0 Å². The molecule has 0 radical (unpaired) electrons. The van der Waals surface area contributed by atoms with Gasteiger partial charge in [-0.25, -0.2) is 9.13 Å². The molecule has 0 fully saturated rings. The van der Waals surface area contributed by atoms with Crippen LogP contribution in [0.1, 0.15) is 362 Å². The zero-order valence-electron chi connectivity index (χ0n) is 64.8. The maximum atomic E-state index is 13.1. The zero-order chi connectivity index (χ0) is 74.6. The molecule has 19 heteroatoms. The first-order valence-corrected chi connectivity index (χ1v) is 43.8. The molecule has 0 heterocycles. The van der Waals surface area contributed by atoms with E-state index in [1.54, 1.807) is 0 Å². The SMILES string of the molecule is CC/C=C\C/C=C\C/C=C\C/C=C\CCCCCCC(=O)OCC(COP(=O)(O)OCC(O)COP(=O)(O)OCC(COC(=O)CCCCCCCC/C=C\C/C=C\C/C=C\CCCCC)OC(=O)CCCCCCCCCCCCC)OC(=O)CCCCCCCCCCCCCCCCC. The van der Waals surface area contributed by atoms with Gasteiger partial charge < -0.3 is 33.8 Å². The average molecular weight is 1480 g/mol. The summed E-state index contributed by atoms with van der Waals surface area (Å²) in [4.78, 5) is 73.0. The number of aliphatic hydroxyl groups excluding tert-OH is 1. The summed E-state index contributed by atoms with van der Waals surface area (Å²) in [6, 6.07) is 0. The van der Waals surface area contributed by atoms with Crippen molar-refractivity contribution < 1.29 is 80.2 Å². The summed E-state index contributed by atoms with van der Waals surface area (Å²) in [5, 5.41) is 10.6. The highest BCUT2D eigenvalue weighted by Gasteiger charge is 2.30. The number of carbonyl (C=O) groups is 4. The summed E-state index contributed by atoms with van der Waals surface area (Å²) in [5.41, 5.74) is 0. The van der Waals surface area contributed by atoms with E-state index in [1.807, 2.05) is 0 Å². The van der Waals surface area contributed by atoms with Crippen LogP contribution in [-0.2, 0) is 65.4 Å². The number of carbonyl (C=O) groups excluding carboxylic acids is 4. The third kappa shape index (κ3) is 74.5. The first-order valence-electron chi connectivity index (χ1n) is 40.8. The van der Waals surface area contributed by atoms with Crippen LogP contribution in [0, 0.1) is 0 Å². The Morgan fingerprint density at radius 2 is 0.510 bits per heavy atom. The lowest BCUT2D eigenvalue weighted by molar-refractivity contribution is -0.161. The number of unbranched alkanes of at least 4 members (excludes halogenated alkanes) is 37. The Hall–Kier alpha value is -3.76. The number of ether oxygens (including phenoxy) is 4. The van der Waals surface area contributed by atoms with E-state index in [1.165, 1.54) is 122 Å². The van der Waals surface area contributed by atoms with Crippen LogP contribution in [0.15, 0.2) is 85.1 Å². The second kappa shape index (κ2) is 75.5. The van der Waals surface area contributed by atoms with E-state index in [4.69, 9.17) is 37.0 Å². The Kier molecular flexibility index (Phi) is 72.7. The molecule has 3 N–H and O–H groups in total. The van der Waals surface area contributed by atoms with Crippen molar-refractivity contribution in [3.8, 4) is 0 Å². The maximum Gasteiger partial charge on any atom is 0.472 e. The summed E-state index contributed by atoms with van der Waals surface area (Å²) in [5.74, 6) is -2.19. The number of phosphoric ester groups is 2. The zero-order valence-corrected chi connectivity index (χ0v) is 66.6. The summed E-state index contributed by atoms with van der Waals surface area (Å²) in [7, 11) is -9.95. The smallest absolute Gasteiger partial charge is 0.462 e. The fourth-order valence-corrected chi connectivity index (χ4v) is 12.7. The van der Waals surface area contributed by atoms with Crippen LogP contribution in [0.25, 0.3) is 0 Å². The molecule has 0 aromatic heterocycles. The largest absolute Gasteiger partial charge is 0.472 e. The Morgan fingerprint density at radius 3 is 0.804 bits per heavy atom. The first-order chi connectivity index (χ1) is 49.7. The van der Waals surface area contributed by atoms with Gasteiger partial charge in [0.2, 0.25) is 0 Å². The van der Waals surface area contributed by atoms with Crippen LogP contribution in [0.5, 0.6) is 0 Å². The van der Waals surface area contributed by atoms with Gasteiger partial charge in [-0.2, -0.15) is 0 Å². The lowest BCUT2D eigenvalue weighted by atomic mass is 10.0. The third-order valence-electron chi connectivity index (χ3n) is 17.4. The monoisotopic (exact) mass is 1480 g/mol. The highest BCUT2D eigenvalue weighted by molar-refractivity contribution is 7.47. The van der Waals surface area contributed by atoms with Crippen molar-refractivity contribution >= 4 is 39.5 Å². The molecule has 0 spiro atoms. The van der Waals surface area contributed by atoms with E-state index < -0.39 is 97.5 Å². The normalized spacial score (nSPS) is 14.3. The third-order valence-corrected chi connectivity index (χ3v) is 19.3. The van der Waals surface area contributed by atoms with E-state index >= 15 is 0 Å². The fourth-order valence-electron chi connectivity index (χ4n) is 11.2.